The number of aliphatic hydroxyl groups excluding tert-OH is 1. The highest BCUT2D eigenvalue weighted by atomic mass is 16.5. The molecule has 0 radical (unpaired) electrons. The van der Waals surface area contributed by atoms with Crippen molar-refractivity contribution in [1.82, 2.24) is 5.32 Å². The van der Waals surface area contributed by atoms with Gasteiger partial charge < -0.3 is 19.6 Å². The molecule has 88 valence electrons. The fourth-order valence-corrected chi connectivity index (χ4v) is 1.05. The zero-order chi connectivity index (χ0) is 12.0. The summed E-state index contributed by atoms with van der Waals surface area (Å²) in [5.74, 6) is -0.418. The van der Waals surface area contributed by atoms with Crippen LogP contribution >= 0.6 is 0 Å². The number of carbonyl (C=O) groups is 1. The van der Waals surface area contributed by atoms with Crippen molar-refractivity contribution in [2.45, 2.75) is 6.10 Å². The number of nitrogens with one attached hydrogen (secondary N) is 1. The highest BCUT2D eigenvalue weighted by Gasteiger charge is 2.09. The number of carbonyl (C=O) groups excluding carboxylic acids is 1. The molecule has 1 amide bonds. The Morgan fingerprint density at radius 3 is 2.94 bits per heavy atom. The molecule has 1 atom stereocenters. The molecule has 2 N–H and O–H groups in total. The molecule has 0 aromatic carbocycles. The van der Waals surface area contributed by atoms with Crippen LogP contribution in [0.25, 0.3) is 0 Å². The molecule has 1 rings (SSSR count). The third-order valence-corrected chi connectivity index (χ3v) is 1.82. The number of rotatable bonds is 5. The van der Waals surface area contributed by atoms with E-state index in [0.29, 0.717) is 0 Å². The summed E-state index contributed by atoms with van der Waals surface area (Å²) >= 11 is 0. The van der Waals surface area contributed by atoms with Crippen LogP contribution in [-0.4, -0.2) is 37.4 Å². The predicted octanol–water partition coefficient (Wildman–Crippen LogP) is -0.623. The Morgan fingerprint density at radius 1 is 1.62 bits per heavy atom. The van der Waals surface area contributed by atoms with Gasteiger partial charge >= 0.3 is 5.63 Å². The quantitative estimate of drug-likeness (QED) is 0.699. The topological polar surface area (TPSA) is 88.8 Å². The smallest absolute Gasteiger partial charge is 0.335 e. The largest absolute Gasteiger partial charge is 0.430 e. The van der Waals surface area contributed by atoms with E-state index >= 15 is 0 Å². The maximum atomic E-state index is 11.4. The van der Waals surface area contributed by atoms with Gasteiger partial charge in [-0.3, -0.25) is 4.79 Å². The average molecular weight is 227 g/mol. The van der Waals surface area contributed by atoms with Gasteiger partial charge in [-0.15, -0.1) is 0 Å². The van der Waals surface area contributed by atoms with E-state index in [0.717, 1.165) is 12.3 Å². The molecule has 1 aromatic heterocycles. The minimum Gasteiger partial charge on any atom is -0.430 e. The second kappa shape index (κ2) is 6.04. The van der Waals surface area contributed by atoms with Gasteiger partial charge in [0, 0.05) is 19.7 Å². The third-order valence-electron chi connectivity index (χ3n) is 1.82. The molecule has 0 saturated carbocycles. The molecule has 1 unspecified atom stereocenters. The Balaban J connectivity index is 2.46. The molecule has 0 bridgehead atoms. The minimum atomic E-state index is -0.760. The van der Waals surface area contributed by atoms with Crippen LogP contribution in [0.2, 0.25) is 0 Å². The van der Waals surface area contributed by atoms with Gasteiger partial charge in [-0.05, 0) is 6.07 Å². The predicted molar refractivity (Wildman–Crippen MR) is 55.2 cm³/mol. The highest BCUT2D eigenvalue weighted by Crippen LogP contribution is 1.94. The first-order valence-electron chi connectivity index (χ1n) is 4.67. The average Bonchev–Trinajstić information content (AvgIpc) is 2.27. The fraction of sp³-hybridized carbons (Fsp3) is 0.400. The Bertz CT molecular complexity index is 380. The van der Waals surface area contributed by atoms with E-state index in [9.17, 15) is 14.7 Å². The van der Waals surface area contributed by atoms with Crippen LogP contribution in [0.4, 0.5) is 0 Å². The van der Waals surface area contributed by atoms with Crippen molar-refractivity contribution in [3.05, 3.63) is 34.4 Å². The van der Waals surface area contributed by atoms with Crippen molar-refractivity contribution in [3.63, 3.8) is 0 Å². The maximum Gasteiger partial charge on any atom is 0.335 e. The number of amides is 1. The van der Waals surface area contributed by atoms with Gasteiger partial charge in [0.05, 0.1) is 18.3 Å². The number of methoxy groups -OCH3 is 1. The van der Waals surface area contributed by atoms with Gasteiger partial charge in [-0.25, -0.2) is 4.79 Å². The lowest BCUT2D eigenvalue weighted by molar-refractivity contribution is 0.0609. The molecule has 0 saturated heterocycles. The number of ether oxygens (including phenoxy) is 1. The Kier molecular flexibility index (Phi) is 4.68. The summed E-state index contributed by atoms with van der Waals surface area (Å²) in [6.45, 7) is 0.218. The van der Waals surface area contributed by atoms with E-state index in [1.807, 2.05) is 0 Å². The Labute approximate surface area is 91.8 Å². The van der Waals surface area contributed by atoms with Crippen LogP contribution in [0.1, 0.15) is 10.4 Å². The Morgan fingerprint density at radius 2 is 2.38 bits per heavy atom. The summed E-state index contributed by atoms with van der Waals surface area (Å²) in [6.07, 6.45) is 0.310. The molecule has 0 aliphatic heterocycles. The zero-order valence-corrected chi connectivity index (χ0v) is 8.80. The summed E-state index contributed by atoms with van der Waals surface area (Å²) in [5, 5.41) is 11.7. The van der Waals surface area contributed by atoms with Crippen molar-refractivity contribution in [2.24, 2.45) is 0 Å². The molecular formula is C10H13NO5. The third kappa shape index (κ3) is 3.84. The van der Waals surface area contributed by atoms with Crippen LogP contribution in [-0.2, 0) is 4.74 Å². The second-order valence-corrected chi connectivity index (χ2v) is 3.16. The first-order valence-corrected chi connectivity index (χ1v) is 4.67. The zero-order valence-electron chi connectivity index (χ0n) is 8.80. The molecule has 6 heteroatoms. The summed E-state index contributed by atoms with van der Waals surface area (Å²) in [5.41, 5.74) is -0.291. The summed E-state index contributed by atoms with van der Waals surface area (Å²) in [6, 6.07) is 2.50. The monoisotopic (exact) mass is 227 g/mol. The summed E-state index contributed by atoms with van der Waals surface area (Å²) < 4.78 is 9.23. The molecule has 1 aromatic rings. The van der Waals surface area contributed by atoms with Crippen molar-refractivity contribution in [3.8, 4) is 0 Å². The summed E-state index contributed by atoms with van der Waals surface area (Å²) in [7, 11) is 1.46. The standard InChI is InChI=1S/C10H13NO5/c1-15-6-8(12)4-11-10(14)7-2-3-9(13)16-5-7/h2-3,5,8,12H,4,6H2,1H3,(H,11,14). The molecule has 16 heavy (non-hydrogen) atoms. The first kappa shape index (κ1) is 12.4. The molecule has 1 heterocycles. The van der Waals surface area contributed by atoms with Gasteiger partial charge in [-0.1, -0.05) is 0 Å². The van der Waals surface area contributed by atoms with Gasteiger partial charge in [0.1, 0.15) is 6.26 Å². The van der Waals surface area contributed by atoms with Crippen LogP contribution in [0, 0.1) is 0 Å². The molecule has 0 spiro atoms. The molecule has 6 nitrogen and oxygen atoms in total. The first-order chi connectivity index (χ1) is 7.63. The van der Waals surface area contributed by atoms with Crippen LogP contribution in [0.5, 0.6) is 0 Å². The van der Waals surface area contributed by atoms with E-state index in [-0.39, 0.29) is 18.7 Å². The number of aliphatic hydroxyl groups is 1. The van der Waals surface area contributed by atoms with Gasteiger partial charge in [0.2, 0.25) is 0 Å². The van der Waals surface area contributed by atoms with E-state index in [2.05, 4.69) is 9.73 Å². The number of hydrogen-bond donors (Lipinski definition) is 2. The lowest BCUT2D eigenvalue weighted by Gasteiger charge is -2.10. The van der Waals surface area contributed by atoms with Crippen molar-refractivity contribution in [1.29, 1.82) is 0 Å². The van der Waals surface area contributed by atoms with Gasteiger partial charge in [-0.2, -0.15) is 0 Å². The molecule has 0 aliphatic carbocycles. The number of hydrogen-bond acceptors (Lipinski definition) is 5. The van der Waals surface area contributed by atoms with E-state index in [1.165, 1.54) is 13.2 Å². The van der Waals surface area contributed by atoms with E-state index in [1.54, 1.807) is 0 Å². The van der Waals surface area contributed by atoms with Crippen LogP contribution in [0.3, 0.4) is 0 Å². The fourth-order valence-electron chi connectivity index (χ4n) is 1.05. The van der Waals surface area contributed by atoms with Gasteiger partial charge in [0.15, 0.2) is 0 Å². The van der Waals surface area contributed by atoms with Crippen molar-refractivity contribution < 1.29 is 19.1 Å². The van der Waals surface area contributed by atoms with Crippen molar-refractivity contribution in [2.75, 3.05) is 20.3 Å². The highest BCUT2D eigenvalue weighted by molar-refractivity contribution is 5.93. The minimum absolute atomic E-state index is 0.0752. The van der Waals surface area contributed by atoms with Crippen molar-refractivity contribution >= 4 is 5.91 Å². The van der Waals surface area contributed by atoms with Gasteiger partial charge in [0.25, 0.3) is 5.91 Å². The second-order valence-electron chi connectivity index (χ2n) is 3.16. The van der Waals surface area contributed by atoms with E-state index in [4.69, 9.17) is 4.74 Å². The van der Waals surface area contributed by atoms with Crippen LogP contribution in [0.15, 0.2) is 27.6 Å². The molecule has 0 aliphatic rings. The SMILES string of the molecule is COCC(O)CNC(=O)c1ccc(=O)oc1. The lowest BCUT2D eigenvalue weighted by Crippen LogP contribution is -2.34. The summed E-state index contributed by atoms with van der Waals surface area (Å²) in [4.78, 5) is 22.1. The lowest BCUT2D eigenvalue weighted by atomic mass is 10.3. The molecular weight excluding hydrogens is 214 g/mol. The molecule has 0 fully saturated rings. The van der Waals surface area contributed by atoms with Crippen LogP contribution < -0.4 is 10.9 Å². The Hall–Kier alpha value is -1.66. The van der Waals surface area contributed by atoms with E-state index < -0.39 is 17.6 Å². The normalized spacial score (nSPS) is 12.1. The maximum absolute atomic E-state index is 11.4.